The van der Waals surface area contributed by atoms with Crippen LogP contribution in [-0.4, -0.2) is 21.6 Å². The van der Waals surface area contributed by atoms with Gasteiger partial charge >= 0.3 is 0 Å². The number of aryl methyl sites for hydroxylation is 1. The van der Waals surface area contributed by atoms with Crippen molar-refractivity contribution in [3.8, 4) is 5.69 Å². The van der Waals surface area contributed by atoms with Crippen LogP contribution in [0.4, 0.5) is 4.39 Å². The molecule has 2 aromatic carbocycles. The lowest BCUT2D eigenvalue weighted by Gasteiger charge is -2.05. The fraction of sp³-hybridized carbons (Fsp3) is 0.0952. The zero-order valence-electron chi connectivity index (χ0n) is 15.4. The van der Waals surface area contributed by atoms with Gasteiger partial charge in [0.1, 0.15) is 5.82 Å². The van der Waals surface area contributed by atoms with E-state index >= 15 is 0 Å². The number of carbonyl (C=O) groups excluding carboxylic acids is 2. The van der Waals surface area contributed by atoms with Crippen molar-refractivity contribution in [1.29, 1.82) is 0 Å². The number of amides is 2. The third-order valence-electron chi connectivity index (χ3n) is 4.16. The molecule has 0 aliphatic carbocycles. The van der Waals surface area contributed by atoms with Crippen molar-refractivity contribution in [2.45, 2.75) is 13.8 Å². The van der Waals surface area contributed by atoms with Crippen molar-refractivity contribution < 1.29 is 14.0 Å². The van der Waals surface area contributed by atoms with Crippen LogP contribution < -0.4 is 10.9 Å². The zero-order valence-corrected chi connectivity index (χ0v) is 15.4. The number of hydrogen-bond donors (Lipinski definition) is 2. The summed E-state index contributed by atoms with van der Waals surface area (Å²) < 4.78 is 14.7. The van der Waals surface area contributed by atoms with Gasteiger partial charge in [-0.15, -0.1) is 0 Å². The molecule has 0 aliphatic rings. The summed E-state index contributed by atoms with van der Waals surface area (Å²) in [6, 6.07) is 14.7. The molecule has 142 valence electrons. The van der Waals surface area contributed by atoms with Gasteiger partial charge in [-0.25, -0.2) is 9.07 Å². The number of carbonyl (C=O) groups is 2. The molecule has 28 heavy (non-hydrogen) atoms. The van der Waals surface area contributed by atoms with Crippen molar-refractivity contribution in [3.63, 3.8) is 0 Å². The molecule has 3 rings (SSSR count). The largest absolute Gasteiger partial charge is 0.269 e. The molecule has 1 aromatic heterocycles. The minimum atomic E-state index is -0.536. The number of aromatic nitrogens is 2. The number of para-hydroxylation sites is 1. The molecule has 0 bridgehead atoms. The van der Waals surface area contributed by atoms with E-state index in [1.54, 1.807) is 6.08 Å². The van der Waals surface area contributed by atoms with E-state index in [1.165, 1.54) is 30.3 Å². The van der Waals surface area contributed by atoms with Crippen LogP contribution in [0.2, 0.25) is 0 Å². The first-order chi connectivity index (χ1) is 13.5. The Labute approximate surface area is 161 Å². The Bertz CT molecular complexity index is 1020. The van der Waals surface area contributed by atoms with Crippen molar-refractivity contribution >= 4 is 17.9 Å². The summed E-state index contributed by atoms with van der Waals surface area (Å²) in [4.78, 5) is 23.9. The third kappa shape index (κ3) is 4.32. The highest BCUT2D eigenvalue weighted by molar-refractivity contribution is 5.98. The second-order valence-corrected chi connectivity index (χ2v) is 6.12. The number of benzene rings is 2. The Kier molecular flexibility index (Phi) is 5.64. The molecule has 2 amide bonds. The van der Waals surface area contributed by atoms with Gasteiger partial charge in [-0.1, -0.05) is 18.2 Å². The lowest BCUT2D eigenvalue weighted by Crippen LogP contribution is -2.40. The maximum absolute atomic E-state index is 12.9. The van der Waals surface area contributed by atoms with Crippen molar-refractivity contribution in [2.75, 3.05) is 0 Å². The quantitative estimate of drug-likeness (QED) is 0.541. The molecule has 0 atom stereocenters. The van der Waals surface area contributed by atoms with Crippen LogP contribution in [0.1, 0.15) is 27.3 Å². The summed E-state index contributed by atoms with van der Waals surface area (Å²) in [6.07, 6.45) is 2.97. The lowest BCUT2D eigenvalue weighted by molar-refractivity contribution is -0.117. The maximum Gasteiger partial charge on any atom is 0.269 e. The molecule has 1 heterocycles. The smallest absolute Gasteiger partial charge is 0.268 e. The number of halogens is 1. The summed E-state index contributed by atoms with van der Waals surface area (Å²) >= 11 is 0. The molecular formula is C21H19FN4O2. The summed E-state index contributed by atoms with van der Waals surface area (Å²) in [5.74, 6) is -1.47. The standard InChI is InChI=1S/C21H19FN4O2/c1-14-19(15(2)26(25-14)18-6-4-3-5-7-18)12-13-20(27)23-24-21(28)16-8-10-17(22)11-9-16/h3-13H,1-2H3,(H,23,27)(H,24,28)/b13-12+. The van der Waals surface area contributed by atoms with Crippen molar-refractivity contribution in [1.82, 2.24) is 20.6 Å². The normalized spacial score (nSPS) is 10.8. The molecule has 0 spiro atoms. The molecule has 0 saturated heterocycles. The van der Waals surface area contributed by atoms with E-state index in [9.17, 15) is 14.0 Å². The third-order valence-corrected chi connectivity index (χ3v) is 4.16. The van der Waals surface area contributed by atoms with Gasteiger partial charge in [-0.05, 0) is 56.3 Å². The Morgan fingerprint density at radius 2 is 1.68 bits per heavy atom. The summed E-state index contributed by atoms with van der Waals surface area (Å²) in [5.41, 5.74) is 8.24. The Hall–Kier alpha value is -3.74. The molecule has 0 unspecified atom stereocenters. The minimum Gasteiger partial charge on any atom is -0.268 e. The van der Waals surface area contributed by atoms with Crippen molar-refractivity contribution in [3.05, 3.63) is 89.0 Å². The number of hydrogen-bond acceptors (Lipinski definition) is 3. The van der Waals surface area contributed by atoms with E-state index in [1.807, 2.05) is 48.9 Å². The predicted octanol–water partition coefficient (Wildman–Crippen LogP) is 3.10. The molecule has 0 saturated carbocycles. The molecule has 0 radical (unpaired) electrons. The van der Waals surface area contributed by atoms with E-state index in [2.05, 4.69) is 16.0 Å². The molecular weight excluding hydrogens is 359 g/mol. The van der Waals surface area contributed by atoms with Crippen LogP contribution in [0, 0.1) is 19.7 Å². The fourth-order valence-corrected chi connectivity index (χ4v) is 2.71. The molecule has 0 fully saturated rings. The SMILES string of the molecule is Cc1nn(-c2ccccc2)c(C)c1/C=C/C(=O)NNC(=O)c1ccc(F)cc1. The van der Waals surface area contributed by atoms with E-state index in [0.29, 0.717) is 0 Å². The number of rotatable bonds is 4. The molecule has 0 aliphatic heterocycles. The first-order valence-electron chi connectivity index (χ1n) is 8.61. The van der Waals surface area contributed by atoms with Gasteiger partial charge < -0.3 is 0 Å². The molecule has 7 heteroatoms. The van der Waals surface area contributed by atoms with Crippen LogP contribution >= 0.6 is 0 Å². The Morgan fingerprint density at radius 1 is 1.00 bits per heavy atom. The maximum atomic E-state index is 12.9. The predicted molar refractivity (Wildman–Crippen MR) is 104 cm³/mol. The minimum absolute atomic E-state index is 0.238. The van der Waals surface area contributed by atoms with Crippen molar-refractivity contribution in [2.24, 2.45) is 0 Å². The second-order valence-electron chi connectivity index (χ2n) is 6.12. The highest BCUT2D eigenvalue weighted by Gasteiger charge is 2.11. The molecule has 3 aromatic rings. The number of nitrogens with one attached hydrogen (secondary N) is 2. The Balaban J connectivity index is 1.65. The van der Waals surface area contributed by atoms with Crippen LogP contribution in [-0.2, 0) is 4.79 Å². The van der Waals surface area contributed by atoms with Gasteiger partial charge in [0.2, 0.25) is 0 Å². The number of hydrazine groups is 1. The van der Waals surface area contributed by atoms with Gasteiger partial charge in [-0.3, -0.25) is 20.4 Å². The lowest BCUT2D eigenvalue weighted by atomic mass is 10.2. The highest BCUT2D eigenvalue weighted by Crippen LogP contribution is 2.19. The average Bonchev–Trinajstić information content (AvgIpc) is 2.99. The Morgan fingerprint density at radius 3 is 2.36 bits per heavy atom. The molecule has 2 N–H and O–H groups in total. The second kappa shape index (κ2) is 8.30. The summed E-state index contributed by atoms with van der Waals surface area (Å²) in [6.45, 7) is 3.78. The van der Waals surface area contributed by atoms with Crippen LogP contribution in [0.15, 0.2) is 60.7 Å². The average molecular weight is 378 g/mol. The van der Waals surface area contributed by atoms with Crippen LogP contribution in [0.5, 0.6) is 0 Å². The van der Waals surface area contributed by atoms with E-state index in [4.69, 9.17) is 0 Å². The van der Waals surface area contributed by atoms with Gasteiger partial charge in [0, 0.05) is 22.9 Å². The fourth-order valence-electron chi connectivity index (χ4n) is 2.71. The first-order valence-corrected chi connectivity index (χ1v) is 8.61. The van der Waals surface area contributed by atoms with Gasteiger partial charge in [0.25, 0.3) is 11.8 Å². The van der Waals surface area contributed by atoms with Gasteiger partial charge in [-0.2, -0.15) is 5.10 Å². The summed E-state index contributed by atoms with van der Waals surface area (Å²) in [7, 11) is 0. The van der Waals surface area contributed by atoms with Crippen LogP contribution in [0.25, 0.3) is 11.8 Å². The molecule has 6 nitrogen and oxygen atoms in total. The zero-order chi connectivity index (χ0) is 20.1. The number of nitrogens with zero attached hydrogens (tertiary/aromatic N) is 2. The topological polar surface area (TPSA) is 76.0 Å². The monoisotopic (exact) mass is 378 g/mol. The van der Waals surface area contributed by atoms with E-state index in [-0.39, 0.29) is 5.56 Å². The van der Waals surface area contributed by atoms with Gasteiger partial charge in [0.15, 0.2) is 0 Å². The van der Waals surface area contributed by atoms with Gasteiger partial charge in [0.05, 0.1) is 11.4 Å². The van der Waals surface area contributed by atoms with E-state index in [0.717, 1.165) is 22.6 Å². The summed E-state index contributed by atoms with van der Waals surface area (Å²) in [5, 5.41) is 4.51. The highest BCUT2D eigenvalue weighted by atomic mass is 19.1. The van der Waals surface area contributed by atoms with Crippen LogP contribution in [0.3, 0.4) is 0 Å². The first kappa shape index (κ1) is 19.0. The van der Waals surface area contributed by atoms with E-state index < -0.39 is 17.6 Å².